The van der Waals surface area contributed by atoms with E-state index < -0.39 is 4.92 Å². The maximum absolute atomic E-state index is 13.1. The third kappa shape index (κ3) is 3.71. The molecule has 1 aliphatic heterocycles. The first-order chi connectivity index (χ1) is 11.7. The highest BCUT2D eigenvalue weighted by Gasteiger charge is 2.31. The standard InChI is InChI=1S/C18H22N2O4/c21-18(15-6-8-16(9-7-15)20(22)23)17(14-4-2-1-3-5-14)19-10-12-24-13-11-19/h4,6-9,17H,1-3,5,10-13H2. The van der Waals surface area contributed by atoms with Crippen molar-refractivity contribution in [2.45, 2.75) is 31.7 Å². The van der Waals surface area contributed by atoms with Gasteiger partial charge in [0.15, 0.2) is 5.78 Å². The summed E-state index contributed by atoms with van der Waals surface area (Å²) < 4.78 is 5.42. The van der Waals surface area contributed by atoms with Crippen molar-refractivity contribution in [3.8, 4) is 0 Å². The van der Waals surface area contributed by atoms with E-state index in [1.165, 1.54) is 24.1 Å². The summed E-state index contributed by atoms with van der Waals surface area (Å²) in [5, 5.41) is 10.8. The van der Waals surface area contributed by atoms with E-state index in [-0.39, 0.29) is 17.5 Å². The van der Waals surface area contributed by atoms with E-state index in [2.05, 4.69) is 11.0 Å². The van der Waals surface area contributed by atoms with Crippen LogP contribution in [-0.4, -0.2) is 48.0 Å². The van der Waals surface area contributed by atoms with Crippen molar-refractivity contribution in [1.29, 1.82) is 0 Å². The fourth-order valence-electron chi connectivity index (χ4n) is 3.42. The van der Waals surface area contributed by atoms with Crippen LogP contribution in [0.2, 0.25) is 0 Å². The normalized spacial score (nSPS) is 20.2. The third-order valence-corrected chi connectivity index (χ3v) is 4.70. The lowest BCUT2D eigenvalue weighted by Gasteiger charge is -2.36. The van der Waals surface area contributed by atoms with Crippen LogP contribution in [0.4, 0.5) is 5.69 Å². The molecule has 6 nitrogen and oxygen atoms in total. The summed E-state index contributed by atoms with van der Waals surface area (Å²) in [4.78, 5) is 25.7. The largest absolute Gasteiger partial charge is 0.379 e. The molecule has 0 aromatic heterocycles. The SMILES string of the molecule is O=C(c1ccc([N+](=O)[O-])cc1)C(C1=CCCCC1)N1CCOCC1. The Balaban J connectivity index is 1.87. The Bertz CT molecular complexity index is 633. The maximum Gasteiger partial charge on any atom is 0.269 e. The van der Waals surface area contributed by atoms with Crippen molar-refractivity contribution in [1.82, 2.24) is 4.90 Å². The average molecular weight is 330 g/mol. The van der Waals surface area contributed by atoms with Gasteiger partial charge in [-0.2, -0.15) is 0 Å². The van der Waals surface area contributed by atoms with Crippen LogP contribution in [0.25, 0.3) is 0 Å². The van der Waals surface area contributed by atoms with Crippen LogP contribution < -0.4 is 0 Å². The van der Waals surface area contributed by atoms with Gasteiger partial charge in [0.25, 0.3) is 5.69 Å². The van der Waals surface area contributed by atoms with Crippen molar-refractivity contribution in [3.63, 3.8) is 0 Å². The quantitative estimate of drug-likeness (QED) is 0.359. The summed E-state index contributed by atoms with van der Waals surface area (Å²) in [5.74, 6) is 0.0277. The molecule has 2 aliphatic rings. The molecule has 1 aromatic rings. The summed E-state index contributed by atoms with van der Waals surface area (Å²) in [5.41, 5.74) is 1.72. The number of ether oxygens (including phenoxy) is 1. The molecule has 0 N–H and O–H groups in total. The highest BCUT2D eigenvalue weighted by Crippen LogP contribution is 2.27. The zero-order chi connectivity index (χ0) is 16.9. The average Bonchev–Trinajstić information content (AvgIpc) is 2.64. The second kappa shape index (κ2) is 7.68. The molecule has 1 saturated heterocycles. The molecule has 0 saturated carbocycles. The Labute approximate surface area is 141 Å². The van der Waals surface area contributed by atoms with E-state index in [0.717, 1.165) is 32.4 Å². The van der Waals surface area contributed by atoms with Crippen molar-refractivity contribution in [2.75, 3.05) is 26.3 Å². The minimum absolute atomic E-state index is 0.00588. The van der Waals surface area contributed by atoms with Crippen LogP contribution in [0.5, 0.6) is 0 Å². The van der Waals surface area contributed by atoms with Crippen molar-refractivity contribution in [3.05, 3.63) is 51.6 Å². The predicted molar refractivity (Wildman–Crippen MR) is 90.2 cm³/mol. The fraction of sp³-hybridized carbons (Fsp3) is 0.500. The van der Waals surface area contributed by atoms with Crippen LogP contribution in [-0.2, 0) is 4.74 Å². The highest BCUT2D eigenvalue weighted by atomic mass is 16.6. The van der Waals surface area contributed by atoms with Gasteiger partial charge in [0.1, 0.15) is 0 Å². The minimum Gasteiger partial charge on any atom is -0.379 e. The smallest absolute Gasteiger partial charge is 0.269 e. The maximum atomic E-state index is 13.1. The first-order valence-electron chi connectivity index (χ1n) is 8.46. The van der Waals surface area contributed by atoms with Crippen LogP contribution in [0.15, 0.2) is 35.9 Å². The van der Waals surface area contributed by atoms with Crippen LogP contribution in [0.1, 0.15) is 36.0 Å². The Morgan fingerprint density at radius 2 is 1.88 bits per heavy atom. The van der Waals surface area contributed by atoms with E-state index in [1.54, 1.807) is 12.1 Å². The third-order valence-electron chi connectivity index (χ3n) is 4.70. The monoisotopic (exact) mass is 330 g/mol. The molecule has 1 unspecified atom stereocenters. The lowest BCUT2D eigenvalue weighted by atomic mass is 9.88. The number of benzene rings is 1. The zero-order valence-electron chi connectivity index (χ0n) is 13.6. The molecule has 1 atom stereocenters. The number of nitro groups is 1. The van der Waals surface area contributed by atoms with Gasteiger partial charge in [0, 0.05) is 30.8 Å². The number of hydrogen-bond donors (Lipinski definition) is 0. The van der Waals surface area contributed by atoms with Crippen molar-refractivity contribution in [2.24, 2.45) is 0 Å². The number of non-ortho nitro benzene ring substituents is 1. The molecule has 3 rings (SSSR count). The van der Waals surface area contributed by atoms with E-state index in [9.17, 15) is 14.9 Å². The number of ketones is 1. The fourth-order valence-corrected chi connectivity index (χ4v) is 3.42. The lowest BCUT2D eigenvalue weighted by molar-refractivity contribution is -0.384. The molecule has 6 heteroatoms. The lowest BCUT2D eigenvalue weighted by Crippen LogP contribution is -2.48. The number of carbonyl (C=O) groups is 1. The second-order valence-corrected chi connectivity index (χ2v) is 6.24. The number of morpholine rings is 1. The van der Waals surface area contributed by atoms with Gasteiger partial charge in [-0.05, 0) is 43.4 Å². The molecule has 1 heterocycles. The van der Waals surface area contributed by atoms with Crippen LogP contribution >= 0.6 is 0 Å². The van der Waals surface area contributed by atoms with Gasteiger partial charge in [0.05, 0.1) is 24.2 Å². The molecule has 1 fully saturated rings. The van der Waals surface area contributed by atoms with Gasteiger partial charge in [-0.15, -0.1) is 0 Å². The number of allylic oxidation sites excluding steroid dienone is 1. The summed E-state index contributed by atoms with van der Waals surface area (Å²) in [6, 6.07) is 5.67. The molecule has 0 spiro atoms. The zero-order valence-corrected chi connectivity index (χ0v) is 13.6. The molecule has 0 radical (unpaired) electrons. The van der Waals surface area contributed by atoms with Gasteiger partial charge < -0.3 is 4.74 Å². The molecule has 128 valence electrons. The number of carbonyl (C=O) groups excluding carboxylic acids is 1. The first kappa shape index (κ1) is 16.8. The molecular formula is C18H22N2O4. The minimum atomic E-state index is -0.447. The molecular weight excluding hydrogens is 308 g/mol. The Morgan fingerprint density at radius 3 is 2.46 bits per heavy atom. The number of nitrogens with zero attached hydrogens (tertiary/aromatic N) is 2. The van der Waals surface area contributed by atoms with Crippen LogP contribution in [0.3, 0.4) is 0 Å². The van der Waals surface area contributed by atoms with Gasteiger partial charge in [-0.1, -0.05) is 6.08 Å². The van der Waals surface area contributed by atoms with E-state index in [1.807, 2.05) is 0 Å². The van der Waals surface area contributed by atoms with E-state index in [4.69, 9.17) is 4.74 Å². The first-order valence-corrected chi connectivity index (χ1v) is 8.46. The summed E-state index contributed by atoms with van der Waals surface area (Å²) in [6.07, 6.45) is 6.45. The van der Waals surface area contributed by atoms with E-state index in [0.29, 0.717) is 18.8 Å². The second-order valence-electron chi connectivity index (χ2n) is 6.24. The topological polar surface area (TPSA) is 72.7 Å². The van der Waals surface area contributed by atoms with Crippen molar-refractivity contribution < 1.29 is 14.5 Å². The Kier molecular flexibility index (Phi) is 5.37. The molecule has 0 bridgehead atoms. The predicted octanol–water partition coefficient (Wildman–Crippen LogP) is 2.98. The van der Waals surface area contributed by atoms with E-state index >= 15 is 0 Å². The van der Waals surface area contributed by atoms with Gasteiger partial charge in [0.2, 0.25) is 0 Å². The number of nitro benzene ring substituents is 1. The molecule has 0 amide bonds. The number of rotatable bonds is 5. The molecule has 24 heavy (non-hydrogen) atoms. The van der Waals surface area contributed by atoms with Gasteiger partial charge in [-0.25, -0.2) is 0 Å². The number of hydrogen-bond acceptors (Lipinski definition) is 5. The van der Waals surface area contributed by atoms with Crippen LogP contribution in [0, 0.1) is 10.1 Å². The summed E-state index contributed by atoms with van der Waals surface area (Å²) in [7, 11) is 0. The Hall–Kier alpha value is -2.05. The van der Waals surface area contributed by atoms with Gasteiger partial charge >= 0.3 is 0 Å². The number of Topliss-reactive ketones (excluding diaryl/α,β-unsaturated/α-hetero) is 1. The van der Waals surface area contributed by atoms with Gasteiger partial charge in [-0.3, -0.25) is 19.8 Å². The summed E-state index contributed by atoms with van der Waals surface area (Å²) >= 11 is 0. The van der Waals surface area contributed by atoms with Crippen molar-refractivity contribution >= 4 is 11.5 Å². The summed E-state index contributed by atoms with van der Waals surface area (Å²) in [6.45, 7) is 2.75. The molecule has 1 aromatic carbocycles. The molecule has 1 aliphatic carbocycles. The Morgan fingerprint density at radius 1 is 1.17 bits per heavy atom. The highest BCUT2D eigenvalue weighted by molar-refractivity contribution is 6.02.